The second kappa shape index (κ2) is 6.95. The minimum Gasteiger partial charge on any atom is -0.378 e. The van der Waals surface area contributed by atoms with Crippen LogP contribution >= 0.6 is 0 Å². The summed E-state index contributed by atoms with van der Waals surface area (Å²) >= 11 is 0. The molecule has 1 atom stereocenters. The van der Waals surface area contributed by atoms with Crippen LogP contribution in [0.4, 0.5) is 11.4 Å². The molecule has 1 aromatic carbocycles. The highest BCUT2D eigenvalue weighted by Gasteiger charge is 2.20. The third-order valence-electron chi connectivity index (χ3n) is 2.97. The first-order valence-electron chi connectivity index (χ1n) is 6.75. The minimum absolute atomic E-state index is 0.268. The van der Waals surface area contributed by atoms with Gasteiger partial charge >= 0.3 is 0 Å². The molecule has 20 heavy (non-hydrogen) atoms. The van der Waals surface area contributed by atoms with Crippen LogP contribution in [-0.4, -0.2) is 40.3 Å². The quantitative estimate of drug-likeness (QED) is 0.807. The predicted molar refractivity (Wildman–Crippen MR) is 85.9 cm³/mol. The van der Waals surface area contributed by atoms with Gasteiger partial charge in [0.1, 0.15) is 0 Å². The van der Waals surface area contributed by atoms with E-state index in [-0.39, 0.29) is 6.04 Å². The molecule has 0 spiro atoms. The normalized spacial score (nSPS) is 13.3. The highest BCUT2D eigenvalue weighted by molar-refractivity contribution is 7.93. The fourth-order valence-electron chi connectivity index (χ4n) is 1.62. The Hall–Kier alpha value is -1.27. The van der Waals surface area contributed by atoms with Gasteiger partial charge < -0.3 is 10.2 Å². The molecule has 0 aliphatic rings. The van der Waals surface area contributed by atoms with Crippen LogP contribution in [0, 0.1) is 0 Å². The number of nitrogens with zero attached hydrogens (tertiary/aromatic N) is 1. The van der Waals surface area contributed by atoms with Gasteiger partial charge in [-0.3, -0.25) is 4.72 Å². The Morgan fingerprint density at radius 1 is 1.20 bits per heavy atom. The molecule has 0 aromatic heterocycles. The zero-order valence-electron chi connectivity index (χ0n) is 12.8. The molecule has 0 radical (unpaired) electrons. The molecule has 0 heterocycles. The number of nitrogens with one attached hydrogen (secondary N) is 2. The van der Waals surface area contributed by atoms with E-state index in [0.29, 0.717) is 12.2 Å². The van der Waals surface area contributed by atoms with Gasteiger partial charge in [-0.15, -0.1) is 0 Å². The summed E-state index contributed by atoms with van der Waals surface area (Å²) in [5, 5.41) is 2.65. The van der Waals surface area contributed by atoms with Gasteiger partial charge in [-0.25, -0.2) is 8.42 Å². The predicted octanol–water partition coefficient (Wildman–Crippen LogP) is 1.88. The summed E-state index contributed by atoms with van der Waals surface area (Å²) in [6.07, 6.45) is 0. The maximum atomic E-state index is 12.2. The van der Waals surface area contributed by atoms with Crippen molar-refractivity contribution in [2.24, 2.45) is 0 Å². The van der Waals surface area contributed by atoms with Crippen molar-refractivity contribution < 1.29 is 8.42 Å². The van der Waals surface area contributed by atoms with E-state index in [0.717, 1.165) is 5.69 Å². The Balaban J connectivity index is 2.77. The average molecular weight is 299 g/mol. The minimum atomic E-state index is -3.38. The van der Waals surface area contributed by atoms with E-state index in [1.807, 2.05) is 51.0 Å². The Morgan fingerprint density at radius 2 is 1.85 bits per heavy atom. The van der Waals surface area contributed by atoms with Crippen molar-refractivity contribution in [1.29, 1.82) is 0 Å². The molecule has 0 bridgehead atoms. The second-order valence-electron chi connectivity index (χ2n) is 5.47. The number of hydrogen-bond acceptors (Lipinski definition) is 4. The molecule has 0 aliphatic heterocycles. The first-order chi connectivity index (χ1) is 9.22. The van der Waals surface area contributed by atoms with Crippen LogP contribution in [-0.2, 0) is 10.0 Å². The van der Waals surface area contributed by atoms with Gasteiger partial charge in [0, 0.05) is 32.4 Å². The van der Waals surface area contributed by atoms with Crippen LogP contribution in [0.3, 0.4) is 0 Å². The van der Waals surface area contributed by atoms with Gasteiger partial charge in [0.25, 0.3) is 0 Å². The monoisotopic (exact) mass is 299 g/mol. The maximum absolute atomic E-state index is 12.2. The Morgan fingerprint density at radius 3 is 2.40 bits per heavy atom. The molecule has 0 aliphatic carbocycles. The number of rotatable bonds is 7. The van der Waals surface area contributed by atoms with Gasteiger partial charge in [-0.1, -0.05) is 19.9 Å². The van der Waals surface area contributed by atoms with Gasteiger partial charge in [-0.05, 0) is 25.1 Å². The molecule has 0 saturated heterocycles. The molecule has 0 fully saturated rings. The maximum Gasteiger partial charge on any atom is 0.236 e. The van der Waals surface area contributed by atoms with Crippen molar-refractivity contribution in [2.45, 2.75) is 32.1 Å². The lowest BCUT2D eigenvalue weighted by molar-refractivity contribution is 0.553. The van der Waals surface area contributed by atoms with E-state index in [1.54, 1.807) is 13.0 Å². The molecule has 0 saturated carbocycles. The molecule has 2 N–H and O–H groups in total. The van der Waals surface area contributed by atoms with Gasteiger partial charge in [-0.2, -0.15) is 0 Å². The van der Waals surface area contributed by atoms with Crippen molar-refractivity contribution >= 4 is 21.4 Å². The first kappa shape index (κ1) is 16.8. The van der Waals surface area contributed by atoms with Gasteiger partial charge in [0.05, 0.1) is 10.9 Å². The summed E-state index contributed by atoms with van der Waals surface area (Å²) < 4.78 is 27.1. The lowest BCUT2D eigenvalue weighted by atomic mass is 10.3. The van der Waals surface area contributed by atoms with Crippen LogP contribution in [0.5, 0.6) is 0 Å². The Kier molecular flexibility index (Phi) is 5.83. The molecule has 1 aromatic rings. The van der Waals surface area contributed by atoms with Crippen molar-refractivity contribution in [3.63, 3.8) is 0 Å². The zero-order chi connectivity index (χ0) is 15.3. The molecule has 1 unspecified atom stereocenters. The molecule has 1 rings (SSSR count). The first-order valence-corrected chi connectivity index (χ1v) is 8.29. The van der Waals surface area contributed by atoms with E-state index < -0.39 is 15.3 Å². The Bertz CT molecular complexity index is 527. The highest BCUT2D eigenvalue weighted by Crippen LogP contribution is 2.19. The summed E-state index contributed by atoms with van der Waals surface area (Å²) in [7, 11) is 0.456. The molecule has 6 heteroatoms. The van der Waals surface area contributed by atoms with Gasteiger partial charge in [0.2, 0.25) is 10.0 Å². The second-order valence-corrected chi connectivity index (χ2v) is 7.56. The standard InChI is InChI=1S/C14H25N3O2S/c1-11(2)15-10-12(3)20(18,19)16-13-7-6-8-14(9-13)17(4)5/h6-9,11-12,15-16H,10H2,1-5H3. The lowest BCUT2D eigenvalue weighted by Gasteiger charge is -2.18. The highest BCUT2D eigenvalue weighted by atomic mass is 32.2. The van der Waals surface area contributed by atoms with Crippen LogP contribution in [0.25, 0.3) is 0 Å². The van der Waals surface area contributed by atoms with Crippen molar-refractivity contribution in [1.82, 2.24) is 5.32 Å². The fourth-order valence-corrected chi connectivity index (χ4v) is 2.60. The van der Waals surface area contributed by atoms with Crippen LogP contribution in [0.2, 0.25) is 0 Å². The average Bonchev–Trinajstić information content (AvgIpc) is 2.35. The summed E-state index contributed by atoms with van der Waals surface area (Å²) in [6.45, 7) is 6.12. The number of hydrogen-bond donors (Lipinski definition) is 2. The molecule has 114 valence electrons. The molecule has 0 amide bonds. The van der Waals surface area contributed by atoms with Crippen LogP contribution < -0.4 is 14.9 Å². The van der Waals surface area contributed by atoms with Crippen LogP contribution in [0.1, 0.15) is 20.8 Å². The largest absolute Gasteiger partial charge is 0.378 e. The van der Waals surface area contributed by atoms with Crippen molar-refractivity contribution in [3.05, 3.63) is 24.3 Å². The van der Waals surface area contributed by atoms with E-state index >= 15 is 0 Å². The number of anilines is 2. The third kappa shape index (κ3) is 5.02. The van der Waals surface area contributed by atoms with Crippen molar-refractivity contribution in [3.8, 4) is 0 Å². The summed E-state index contributed by atoms with van der Waals surface area (Å²) in [4.78, 5) is 1.93. The number of sulfonamides is 1. The molecular formula is C14H25N3O2S. The topological polar surface area (TPSA) is 61.4 Å². The van der Waals surface area contributed by atoms with E-state index in [9.17, 15) is 8.42 Å². The lowest BCUT2D eigenvalue weighted by Crippen LogP contribution is -2.37. The smallest absolute Gasteiger partial charge is 0.236 e. The fraction of sp³-hybridized carbons (Fsp3) is 0.571. The van der Waals surface area contributed by atoms with Gasteiger partial charge in [0.15, 0.2) is 0 Å². The van der Waals surface area contributed by atoms with E-state index in [2.05, 4.69) is 10.0 Å². The van der Waals surface area contributed by atoms with E-state index in [1.165, 1.54) is 0 Å². The Labute approximate surface area is 122 Å². The van der Waals surface area contributed by atoms with E-state index in [4.69, 9.17) is 0 Å². The molecule has 5 nitrogen and oxygen atoms in total. The van der Waals surface area contributed by atoms with Crippen molar-refractivity contribution in [2.75, 3.05) is 30.3 Å². The van der Waals surface area contributed by atoms with Crippen LogP contribution in [0.15, 0.2) is 24.3 Å². The summed E-state index contributed by atoms with van der Waals surface area (Å²) in [6, 6.07) is 7.61. The SMILES string of the molecule is CC(C)NCC(C)S(=O)(=O)Nc1cccc(N(C)C)c1. The number of benzene rings is 1. The third-order valence-corrected chi connectivity index (χ3v) is 4.71. The summed E-state index contributed by atoms with van der Waals surface area (Å²) in [5.74, 6) is 0. The zero-order valence-corrected chi connectivity index (χ0v) is 13.7. The summed E-state index contributed by atoms with van der Waals surface area (Å²) in [5.41, 5.74) is 1.55. The molecular weight excluding hydrogens is 274 g/mol.